The molecule has 0 radical (unpaired) electrons. The molecule has 4 N–H and O–H groups in total. The fourth-order valence-electron chi connectivity index (χ4n) is 4.22. The van der Waals surface area contributed by atoms with Gasteiger partial charge in [0, 0.05) is 30.9 Å². The second-order valence-electron chi connectivity index (χ2n) is 8.32. The Labute approximate surface area is 201 Å². The molecule has 36 heavy (non-hydrogen) atoms. The van der Waals surface area contributed by atoms with E-state index >= 15 is 0 Å². The van der Waals surface area contributed by atoms with Gasteiger partial charge in [0.1, 0.15) is 34.5 Å². The van der Waals surface area contributed by atoms with E-state index < -0.39 is 50.7 Å². The van der Waals surface area contributed by atoms with Gasteiger partial charge in [0.25, 0.3) is 12.0 Å². The van der Waals surface area contributed by atoms with E-state index in [-0.39, 0.29) is 53.7 Å². The number of allylic oxidation sites excluding steroid dienone is 2. The number of sulfone groups is 1. The molecule has 192 valence electrons. The zero-order valence-corrected chi connectivity index (χ0v) is 19.4. The summed E-state index contributed by atoms with van der Waals surface area (Å²) in [6.07, 6.45) is -0.0331. The molecule has 1 spiro atoms. The van der Waals surface area contributed by atoms with Gasteiger partial charge in [-0.25, -0.2) is 17.2 Å². The number of halogens is 4. The van der Waals surface area contributed by atoms with Gasteiger partial charge in [-0.3, -0.25) is 14.3 Å². The lowest BCUT2D eigenvalue weighted by molar-refractivity contribution is -0.113. The lowest BCUT2D eigenvalue weighted by Gasteiger charge is -2.42. The minimum atomic E-state index is -3.76. The largest absolute Gasteiger partial charge is 0.493 e. The highest BCUT2D eigenvalue weighted by Crippen LogP contribution is 2.43. The van der Waals surface area contributed by atoms with Crippen LogP contribution in [0.5, 0.6) is 5.75 Å². The number of ether oxygens (including phenoxy) is 1. The number of carbonyl (C=O) groups excluding carboxylic acids is 2. The maximum absolute atomic E-state index is 14.9. The first-order valence-corrected chi connectivity index (χ1v) is 12.4. The minimum absolute atomic E-state index is 0.000197. The van der Waals surface area contributed by atoms with Crippen molar-refractivity contribution in [3.05, 3.63) is 59.0 Å². The second-order valence-corrected chi connectivity index (χ2v) is 10.5. The first kappa shape index (κ1) is 25.2. The molecule has 1 atom stereocenters. The Balaban J connectivity index is 1.85. The summed E-state index contributed by atoms with van der Waals surface area (Å²) in [5, 5.41) is 9.11. The maximum atomic E-state index is 14.9. The number of nitrogens with one attached hydrogen (secondary N) is 2. The summed E-state index contributed by atoms with van der Waals surface area (Å²) in [4.78, 5) is 25.6. The second kappa shape index (κ2) is 8.96. The van der Waals surface area contributed by atoms with Crippen LogP contribution in [-0.4, -0.2) is 48.6 Å². The smallest absolute Gasteiger partial charge is 0.272 e. The van der Waals surface area contributed by atoms with E-state index in [0.29, 0.717) is 12.1 Å². The van der Waals surface area contributed by atoms with Gasteiger partial charge < -0.3 is 21.1 Å². The Morgan fingerprint density at radius 3 is 2.72 bits per heavy atom. The van der Waals surface area contributed by atoms with Crippen LogP contribution in [0.15, 0.2) is 30.4 Å². The van der Waals surface area contributed by atoms with Crippen molar-refractivity contribution in [3.63, 3.8) is 0 Å². The third kappa shape index (κ3) is 4.78. The van der Waals surface area contributed by atoms with E-state index in [2.05, 4.69) is 15.7 Å². The van der Waals surface area contributed by atoms with Crippen LogP contribution in [0.3, 0.4) is 0 Å². The molecule has 15 heteroatoms. The zero-order valence-electron chi connectivity index (χ0n) is 18.6. The van der Waals surface area contributed by atoms with Crippen molar-refractivity contribution in [2.24, 2.45) is 5.73 Å². The fraction of sp³-hybridized carbons (Fsp3) is 0.286. The molecule has 0 fully saturated rings. The Morgan fingerprint density at radius 2 is 2.06 bits per heavy atom. The Hall–Kier alpha value is -3.88. The van der Waals surface area contributed by atoms with Crippen LogP contribution in [0, 0.1) is 11.6 Å². The molecule has 0 unspecified atom stereocenters. The number of carbonyl (C=O) groups is 2. The van der Waals surface area contributed by atoms with E-state index in [1.807, 2.05) is 0 Å². The van der Waals surface area contributed by atoms with E-state index in [0.717, 1.165) is 23.1 Å². The highest BCUT2D eigenvalue weighted by atomic mass is 32.2. The van der Waals surface area contributed by atoms with Crippen LogP contribution in [0.1, 0.15) is 28.2 Å². The Morgan fingerprint density at radius 1 is 1.33 bits per heavy atom. The summed E-state index contributed by atoms with van der Waals surface area (Å²) in [6.45, 7) is -0.220. The van der Waals surface area contributed by atoms with Gasteiger partial charge in [0.05, 0.1) is 30.0 Å². The first-order chi connectivity index (χ1) is 16.8. The monoisotopic (exact) mass is 529 g/mol. The van der Waals surface area contributed by atoms with Crippen molar-refractivity contribution in [2.45, 2.75) is 18.5 Å². The van der Waals surface area contributed by atoms with E-state index in [1.54, 1.807) is 0 Å². The van der Waals surface area contributed by atoms with Gasteiger partial charge in [-0.1, -0.05) is 0 Å². The molecule has 2 amide bonds. The molecule has 1 aromatic carbocycles. The Bertz CT molecular complexity index is 1450. The number of benzene rings is 1. The van der Waals surface area contributed by atoms with Gasteiger partial charge >= 0.3 is 0 Å². The van der Waals surface area contributed by atoms with Crippen molar-refractivity contribution in [1.29, 1.82) is 0 Å². The van der Waals surface area contributed by atoms with E-state index in [9.17, 15) is 35.6 Å². The highest BCUT2D eigenvalue weighted by Gasteiger charge is 2.47. The number of rotatable bonds is 5. The summed E-state index contributed by atoms with van der Waals surface area (Å²) in [5.41, 5.74) is 3.10. The lowest BCUT2D eigenvalue weighted by atomic mass is 9.82. The zero-order chi connectivity index (χ0) is 26.4. The molecule has 0 saturated heterocycles. The van der Waals surface area contributed by atoms with Crippen molar-refractivity contribution in [3.8, 4) is 5.75 Å². The van der Waals surface area contributed by atoms with Crippen LogP contribution in [0.2, 0.25) is 0 Å². The molecule has 2 aliphatic heterocycles. The number of amides is 2. The normalized spacial score (nSPS) is 19.1. The van der Waals surface area contributed by atoms with Crippen LogP contribution in [0.25, 0.3) is 5.70 Å². The number of nitrogens with zero attached hydrogens (tertiary/aromatic N) is 2. The quantitative estimate of drug-likeness (QED) is 0.394. The third-order valence-corrected chi connectivity index (χ3v) is 6.33. The van der Waals surface area contributed by atoms with Crippen LogP contribution in [-0.2, 0) is 26.7 Å². The van der Waals surface area contributed by atoms with Crippen molar-refractivity contribution >= 4 is 33.0 Å². The number of hydrogen-bond donors (Lipinski definition) is 3. The van der Waals surface area contributed by atoms with Crippen molar-refractivity contribution in [2.75, 3.05) is 23.9 Å². The molecule has 10 nitrogen and oxygen atoms in total. The predicted molar refractivity (Wildman–Crippen MR) is 119 cm³/mol. The van der Waals surface area contributed by atoms with Crippen LogP contribution >= 0.6 is 0 Å². The van der Waals surface area contributed by atoms with Crippen LogP contribution in [0.4, 0.5) is 23.2 Å². The van der Waals surface area contributed by atoms with Gasteiger partial charge in [0.2, 0.25) is 5.91 Å². The molecule has 2 aliphatic rings. The number of hydrogen-bond acceptors (Lipinski definition) is 7. The molecule has 0 bridgehead atoms. The molecule has 0 saturated carbocycles. The third-order valence-electron chi connectivity index (χ3n) is 5.54. The number of anilines is 1. The molecule has 2 aromatic rings. The summed E-state index contributed by atoms with van der Waals surface area (Å²) in [5.74, 6) is -4.78. The summed E-state index contributed by atoms with van der Waals surface area (Å²) in [6, 6.07) is 1.62. The molecule has 3 heterocycles. The fourth-order valence-corrected chi connectivity index (χ4v) is 4.76. The lowest BCUT2D eigenvalue weighted by Crippen LogP contribution is -2.56. The molecule has 4 rings (SSSR count). The van der Waals surface area contributed by atoms with Gasteiger partial charge in [-0.05, 0) is 6.08 Å². The summed E-state index contributed by atoms with van der Waals surface area (Å²) < 4.78 is 83.4. The Kier molecular flexibility index (Phi) is 6.28. The summed E-state index contributed by atoms with van der Waals surface area (Å²) >= 11 is 0. The van der Waals surface area contributed by atoms with Gasteiger partial charge in [0.15, 0.2) is 15.5 Å². The van der Waals surface area contributed by atoms with Gasteiger partial charge in [-0.2, -0.15) is 13.9 Å². The minimum Gasteiger partial charge on any atom is -0.493 e. The molecular weight excluding hydrogens is 510 g/mol. The average Bonchev–Trinajstić information content (AvgIpc) is 3.08. The van der Waals surface area contributed by atoms with Crippen LogP contribution < -0.4 is 21.1 Å². The molecule has 0 aliphatic carbocycles. The number of aromatic nitrogens is 2. The number of nitrogens with two attached hydrogens (primary N) is 1. The molecular formula is C21H19F4N5O5S. The molecule has 1 aromatic heterocycles. The highest BCUT2D eigenvalue weighted by molar-refractivity contribution is 7.91. The first-order valence-electron chi connectivity index (χ1n) is 10.3. The van der Waals surface area contributed by atoms with Crippen molar-refractivity contribution < 1.29 is 40.3 Å². The standard InChI is InChI=1S/C21H19F4N5O5S/c1-36(33,34)8-15(31)27-18-17(12(26)2-3-14(24)25)29-30-9-21(28-20(32)19(18)30)4-5-35-13-7-10(22)6-11(23)16(13)21/h2-3,6-7H,4-5,8-9,26H2,1H3,(H,27,31)(H,28,32)/b12-2-/t21-/m1/s1. The topological polar surface area (TPSA) is 145 Å². The summed E-state index contributed by atoms with van der Waals surface area (Å²) in [7, 11) is -3.76. The average molecular weight is 529 g/mol. The maximum Gasteiger partial charge on any atom is 0.272 e. The van der Waals surface area contributed by atoms with E-state index in [1.165, 1.54) is 0 Å². The number of fused-ring (bicyclic) bond motifs is 3. The SMILES string of the molecule is CS(=O)(=O)CC(=O)Nc1c(/C(N)=C/C=C(F)F)nn2c1C(=O)N[C@]1(CCOc3cc(F)cc(F)c31)C2. The van der Waals surface area contributed by atoms with E-state index in [4.69, 9.17) is 10.5 Å². The predicted octanol–water partition coefficient (Wildman–Crippen LogP) is 1.65. The van der Waals surface area contributed by atoms with Gasteiger partial charge in [-0.15, -0.1) is 0 Å². The van der Waals surface area contributed by atoms with Crippen molar-refractivity contribution in [1.82, 2.24) is 15.1 Å².